The highest BCUT2D eigenvalue weighted by atomic mass is 35.5. The van der Waals surface area contributed by atoms with E-state index in [1.807, 2.05) is 6.92 Å². The van der Waals surface area contributed by atoms with E-state index >= 15 is 0 Å². The summed E-state index contributed by atoms with van der Waals surface area (Å²) in [5.41, 5.74) is 0.938. The first kappa shape index (κ1) is 21.2. The Labute approximate surface area is 176 Å². The summed E-state index contributed by atoms with van der Waals surface area (Å²) in [6.45, 7) is 1.85. The van der Waals surface area contributed by atoms with E-state index in [0.29, 0.717) is 0 Å². The van der Waals surface area contributed by atoms with Gasteiger partial charge in [-0.15, -0.1) is 34.8 Å². The quantitative estimate of drug-likeness (QED) is 0.609. The van der Waals surface area contributed by atoms with Crippen LogP contribution in [0.5, 0.6) is 0 Å². The number of nitrogens with zero attached hydrogens (tertiary/aromatic N) is 1. The van der Waals surface area contributed by atoms with Crippen molar-refractivity contribution < 1.29 is 13.2 Å². The number of amides is 1. The SMILES string of the molecule is Cc1ccc(S(=O)(=O)N2C[C@H](CCl)[C@@](Cl)(CC3(Cl)CCCCC3)C2=O)cc1. The Bertz CT molecular complexity index is 806. The number of carbonyl (C=O) groups is 1. The van der Waals surface area contributed by atoms with Crippen LogP contribution < -0.4 is 0 Å². The smallest absolute Gasteiger partial charge is 0.266 e. The third-order valence-corrected chi connectivity index (χ3v) is 8.99. The number of sulfonamides is 1. The highest BCUT2D eigenvalue weighted by Crippen LogP contribution is 2.49. The van der Waals surface area contributed by atoms with Gasteiger partial charge in [0, 0.05) is 23.2 Å². The highest BCUT2D eigenvalue weighted by molar-refractivity contribution is 7.89. The standard InChI is InChI=1S/C19H24Cl3NO3S/c1-14-5-7-16(8-6-14)27(25,26)23-12-15(11-20)19(22,17(23)24)13-18(21)9-3-2-4-10-18/h5-8,15H,2-4,9-13H2,1H3/t15-,19-/m0/s1. The van der Waals surface area contributed by atoms with Gasteiger partial charge >= 0.3 is 0 Å². The van der Waals surface area contributed by atoms with Gasteiger partial charge in [-0.3, -0.25) is 4.79 Å². The largest absolute Gasteiger partial charge is 0.272 e. The van der Waals surface area contributed by atoms with Crippen LogP contribution in [0.3, 0.4) is 0 Å². The predicted octanol–water partition coefficient (Wildman–Crippen LogP) is 4.69. The van der Waals surface area contributed by atoms with Crippen LogP contribution in [0.1, 0.15) is 44.1 Å². The van der Waals surface area contributed by atoms with Crippen LogP contribution in [0.4, 0.5) is 0 Å². The number of hydrogen-bond acceptors (Lipinski definition) is 3. The number of aryl methyl sites for hydroxylation is 1. The molecule has 27 heavy (non-hydrogen) atoms. The molecule has 1 saturated carbocycles. The van der Waals surface area contributed by atoms with Crippen LogP contribution in [0.15, 0.2) is 29.2 Å². The number of hydrogen-bond donors (Lipinski definition) is 0. The lowest BCUT2D eigenvalue weighted by Gasteiger charge is -2.37. The summed E-state index contributed by atoms with van der Waals surface area (Å²) < 4.78 is 27.0. The lowest BCUT2D eigenvalue weighted by Crippen LogP contribution is -2.46. The van der Waals surface area contributed by atoms with E-state index in [9.17, 15) is 13.2 Å². The summed E-state index contributed by atoms with van der Waals surface area (Å²) >= 11 is 19.7. The highest BCUT2D eigenvalue weighted by Gasteiger charge is 2.58. The monoisotopic (exact) mass is 451 g/mol. The molecule has 0 unspecified atom stereocenters. The Morgan fingerprint density at radius 3 is 2.26 bits per heavy atom. The van der Waals surface area contributed by atoms with Gasteiger partial charge in [0.15, 0.2) is 0 Å². The van der Waals surface area contributed by atoms with Gasteiger partial charge in [-0.05, 0) is 38.3 Å². The van der Waals surface area contributed by atoms with Crippen molar-refractivity contribution in [3.05, 3.63) is 29.8 Å². The van der Waals surface area contributed by atoms with Crippen molar-refractivity contribution >= 4 is 50.7 Å². The molecule has 2 atom stereocenters. The Hall–Kier alpha value is -0.490. The minimum absolute atomic E-state index is 0.0188. The van der Waals surface area contributed by atoms with Gasteiger partial charge in [0.2, 0.25) is 0 Å². The minimum Gasteiger partial charge on any atom is -0.272 e. The number of alkyl halides is 3. The van der Waals surface area contributed by atoms with Crippen LogP contribution in [0, 0.1) is 12.8 Å². The van der Waals surface area contributed by atoms with E-state index in [1.165, 1.54) is 12.1 Å². The first-order valence-electron chi connectivity index (χ1n) is 9.20. The molecule has 2 fully saturated rings. The van der Waals surface area contributed by atoms with Gasteiger partial charge in [-0.2, -0.15) is 0 Å². The maximum absolute atomic E-state index is 13.2. The van der Waals surface area contributed by atoms with Crippen molar-refractivity contribution in [2.75, 3.05) is 12.4 Å². The molecule has 0 bridgehead atoms. The maximum Gasteiger partial charge on any atom is 0.266 e. The molecular weight excluding hydrogens is 429 g/mol. The number of halogens is 3. The van der Waals surface area contributed by atoms with Crippen molar-refractivity contribution in [3.63, 3.8) is 0 Å². The average molecular weight is 453 g/mol. The Kier molecular flexibility index (Phi) is 6.08. The molecule has 3 rings (SSSR count). The zero-order valence-electron chi connectivity index (χ0n) is 15.3. The molecule has 1 heterocycles. The Morgan fingerprint density at radius 2 is 1.70 bits per heavy atom. The van der Waals surface area contributed by atoms with Gasteiger partial charge in [0.05, 0.1) is 4.90 Å². The molecule has 1 saturated heterocycles. The van der Waals surface area contributed by atoms with Crippen molar-refractivity contribution in [1.82, 2.24) is 4.31 Å². The van der Waals surface area contributed by atoms with Gasteiger partial charge < -0.3 is 0 Å². The van der Waals surface area contributed by atoms with Crippen molar-refractivity contribution in [1.29, 1.82) is 0 Å². The first-order chi connectivity index (χ1) is 12.6. The van der Waals surface area contributed by atoms with E-state index in [1.54, 1.807) is 12.1 Å². The second kappa shape index (κ2) is 7.74. The molecular formula is C19H24Cl3NO3S. The van der Waals surface area contributed by atoms with E-state index in [4.69, 9.17) is 34.8 Å². The Morgan fingerprint density at radius 1 is 1.11 bits per heavy atom. The molecule has 8 heteroatoms. The molecule has 0 N–H and O–H groups in total. The molecule has 0 spiro atoms. The topological polar surface area (TPSA) is 54.5 Å². The van der Waals surface area contributed by atoms with Crippen LogP contribution in [0.25, 0.3) is 0 Å². The maximum atomic E-state index is 13.2. The zero-order valence-corrected chi connectivity index (χ0v) is 18.3. The van der Waals surface area contributed by atoms with Gasteiger partial charge in [-0.25, -0.2) is 12.7 Å². The minimum atomic E-state index is -3.98. The summed E-state index contributed by atoms with van der Waals surface area (Å²) in [4.78, 5) is 11.3. The molecule has 4 nitrogen and oxygen atoms in total. The molecule has 0 aromatic heterocycles. The van der Waals surface area contributed by atoms with E-state index < -0.39 is 31.6 Å². The second-order valence-corrected chi connectivity index (χ2v) is 11.4. The molecule has 1 aliphatic carbocycles. The first-order valence-corrected chi connectivity index (χ1v) is 11.9. The summed E-state index contributed by atoms with van der Waals surface area (Å²) in [6.07, 6.45) is 4.87. The fourth-order valence-electron chi connectivity index (χ4n) is 4.07. The van der Waals surface area contributed by atoms with Crippen molar-refractivity contribution in [2.24, 2.45) is 5.92 Å². The normalized spacial score (nSPS) is 28.5. The number of benzene rings is 1. The van der Waals surface area contributed by atoms with Gasteiger partial charge in [0.25, 0.3) is 15.9 Å². The van der Waals surface area contributed by atoms with Crippen LogP contribution in [0.2, 0.25) is 0 Å². The zero-order chi connectivity index (χ0) is 19.9. The third kappa shape index (κ3) is 3.98. The van der Waals surface area contributed by atoms with Crippen molar-refractivity contribution in [2.45, 2.75) is 60.1 Å². The van der Waals surface area contributed by atoms with Crippen LogP contribution in [-0.2, 0) is 14.8 Å². The molecule has 1 aliphatic heterocycles. The van der Waals surface area contributed by atoms with Crippen molar-refractivity contribution in [3.8, 4) is 0 Å². The molecule has 1 aromatic rings. The second-order valence-electron chi connectivity index (χ2n) is 7.76. The lowest BCUT2D eigenvalue weighted by atomic mass is 9.78. The number of rotatable bonds is 5. The summed E-state index contributed by atoms with van der Waals surface area (Å²) in [6, 6.07) is 6.42. The molecule has 2 aliphatic rings. The van der Waals surface area contributed by atoms with Crippen LogP contribution >= 0.6 is 34.8 Å². The summed E-state index contributed by atoms with van der Waals surface area (Å²) in [7, 11) is -3.98. The number of carbonyl (C=O) groups excluding carboxylic acids is 1. The average Bonchev–Trinajstić information content (AvgIpc) is 2.86. The summed E-state index contributed by atoms with van der Waals surface area (Å²) in [5, 5.41) is 0. The predicted molar refractivity (Wildman–Crippen MR) is 109 cm³/mol. The summed E-state index contributed by atoms with van der Waals surface area (Å²) in [5.74, 6) is -0.991. The fourth-order valence-corrected chi connectivity index (χ4v) is 7.10. The van der Waals surface area contributed by atoms with E-state index in [0.717, 1.165) is 42.0 Å². The molecule has 1 aromatic carbocycles. The third-order valence-electron chi connectivity index (χ3n) is 5.73. The molecule has 0 radical (unpaired) electrons. The van der Waals surface area contributed by atoms with Gasteiger partial charge in [0.1, 0.15) is 4.87 Å². The van der Waals surface area contributed by atoms with E-state index in [2.05, 4.69) is 0 Å². The fraction of sp³-hybridized carbons (Fsp3) is 0.632. The lowest BCUT2D eigenvalue weighted by molar-refractivity contribution is -0.126. The van der Waals surface area contributed by atoms with E-state index in [-0.39, 0.29) is 23.7 Å². The van der Waals surface area contributed by atoms with Gasteiger partial charge in [-0.1, -0.05) is 37.0 Å². The Balaban J connectivity index is 1.91. The van der Waals surface area contributed by atoms with Crippen LogP contribution in [-0.4, -0.2) is 40.8 Å². The molecule has 150 valence electrons. The molecule has 1 amide bonds.